The fraction of sp³-hybridized carbons (Fsp3) is 0.286. The normalized spacial score (nSPS) is 11.1. The Hall–Kier alpha value is -3.90. The molecule has 4 aromatic rings. The molecular formula is C42H52. The van der Waals surface area contributed by atoms with Crippen LogP contribution in [0, 0.1) is 6.92 Å². The highest BCUT2D eigenvalue weighted by molar-refractivity contribution is 5.99. The first-order valence-electron chi connectivity index (χ1n) is 15.7. The van der Waals surface area contributed by atoms with Gasteiger partial charge >= 0.3 is 0 Å². The smallest absolute Gasteiger partial charge is 0.0105 e. The number of hydrogen-bond donors (Lipinski definition) is 0. The Labute approximate surface area is 257 Å². The molecule has 0 nitrogen and oxygen atoms in total. The van der Waals surface area contributed by atoms with Crippen LogP contribution in [0.3, 0.4) is 0 Å². The zero-order valence-corrected chi connectivity index (χ0v) is 27.4. The van der Waals surface area contributed by atoms with Crippen LogP contribution in [0.1, 0.15) is 95.5 Å². The van der Waals surface area contributed by atoms with Crippen molar-refractivity contribution in [2.24, 2.45) is 0 Å². The number of fused-ring (bicyclic) bond motifs is 1. The largest absolute Gasteiger partial charge is 0.0955 e. The molecule has 0 heterocycles. The Morgan fingerprint density at radius 2 is 1.33 bits per heavy atom. The third-order valence-electron chi connectivity index (χ3n) is 6.80. The molecular weight excluding hydrogens is 504 g/mol. The van der Waals surface area contributed by atoms with Crippen LogP contribution in [0.5, 0.6) is 0 Å². The van der Waals surface area contributed by atoms with E-state index in [4.69, 9.17) is 0 Å². The summed E-state index contributed by atoms with van der Waals surface area (Å²) in [5.41, 5.74) is 11.4. The highest BCUT2D eigenvalue weighted by Gasteiger charge is 2.09. The maximum absolute atomic E-state index is 4.16. The number of aryl methyl sites for hydroxylation is 2. The summed E-state index contributed by atoms with van der Waals surface area (Å²) in [6.07, 6.45) is 11.3. The maximum atomic E-state index is 4.16. The first-order valence-corrected chi connectivity index (χ1v) is 15.7. The number of benzene rings is 4. The van der Waals surface area contributed by atoms with E-state index in [0.717, 1.165) is 24.8 Å². The molecule has 4 aromatic carbocycles. The van der Waals surface area contributed by atoms with Gasteiger partial charge in [0.1, 0.15) is 0 Å². The van der Waals surface area contributed by atoms with Gasteiger partial charge in [0.25, 0.3) is 0 Å². The van der Waals surface area contributed by atoms with Gasteiger partial charge in [-0.05, 0) is 90.3 Å². The minimum atomic E-state index is 1.01. The fourth-order valence-electron chi connectivity index (χ4n) is 4.83. The van der Waals surface area contributed by atoms with Crippen LogP contribution in [0.4, 0.5) is 0 Å². The molecule has 0 N–H and O–H groups in total. The Morgan fingerprint density at radius 3 is 1.86 bits per heavy atom. The van der Waals surface area contributed by atoms with Crippen molar-refractivity contribution in [3.05, 3.63) is 154 Å². The molecule has 0 aliphatic carbocycles. The molecule has 0 unspecified atom stereocenters. The van der Waals surface area contributed by atoms with Crippen LogP contribution in [-0.4, -0.2) is 0 Å². The molecule has 0 saturated heterocycles. The molecule has 0 amide bonds. The fourth-order valence-corrected chi connectivity index (χ4v) is 4.83. The second kappa shape index (κ2) is 18.5. The van der Waals surface area contributed by atoms with Gasteiger partial charge in [0.2, 0.25) is 0 Å². The first-order chi connectivity index (χ1) is 20.4. The van der Waals surface area contributed by atoms with Crippen LogP contribution in [0.25, 0.3) is 22.4 Å². The van der Waals surface area contributed by atoms with E-state index >= 15 is 0 Å². The highest BCUT2D eigenvalue weighted by atomic mass is 14.1. The third-order valence-corrected chi connectivity index (χ3v) is 6.80. The Balaban J connectivity index is 0.00000116. The first kappa shape index (κ1) is 34.3. The topological polar surface area (TPSA) is 0 Å². The summed E-state index contributed by atoms with van der Waals surface area (Å²) in [5, 5.41) is 2.60. The molecule has 0 aliphatic rings. The quantitative estimate of drug-likeness (QED) is 0.142. The summed E-state index contributed by atoms with van der Waals surface area (Å²) in [7, 11) is 0. The standard InChI is InChI=1S/C37H38.C3H8.C2H6/c1-6-13-33(27(2)3)22-28(4)18-20-30-24-34-23-29(5)19-21-36(34)35(25-30)26-37(31-14-9-7-10-15-31)32-16-11-8-12-17-32;1-3-2;1-2/h7-17,19,21-26H,2,6,18,20H2,1,3-5H3;3H2,1-2H3;1-2H3/b28-22+,33-13+;;. The minimum Gasteiger partial charge on any atom is -0.0955 e. The molecule has 0 fully saturated rings. The maximum Gasteiger partial charge on any atom is -0.0105 e. The average molecular weight is 557 g/mol. The van der Waals surface area contributed by atoms with Gasteiger partial charge in [-0.3, -0.25) is 0 Å². The average Bonchev–Trinajstić information content (AvgIpc) is 3.00. The van der Waals surface area contributed by atoms with Crippen LogP contribution in [-0.2, 0) is 6.42 Å². The molecule has 220 valence electrons. The lowest BCUT2D eigenvalue weighted by Gasteiger charge is -2.13. The second-order valence-electron chi connectivity index (χ2n) is 10.7. The zero-order chi connectivity index (χ0) is 30.9. The van der Waals surface area contributed by atoms with E-state index in [2.05, 4.69) is 157 Å². The molecule has 0 spiro atoms. The zero-order valence-electron chi connectivity index (χ0n) is 27.4. The van der Waals surface area contributed by atoms with Gasteiger partial charge in [-0.15, -0.1) is 0 Å². The van der Waals surface area contributed by atoms with Crippen molar-refractivity contribution in [1.29, 1.82) is 0 Å². The van der Waals surface area contributed by atoms with Gasteiger partial charge in [0.05, 0.1) is 0 Å². The van der Waals surface area contributed by atoms with Crippen LogP contribution in [0.15, 0.2) is 126 Å². The van der Waals surface area contributed by atoms with Crippen molar-refractivity contribution in [2.45, 2.75) is 81.1 Å². The van der Waals surface area contributed by atoms with Gasteiger partial charge in [-0.1, -0.05) is 167 Å². The SMILES string of the molecule is C=C(C)C(/C=C(\C)CCc1cc(C=C(c2ccccc2)c2ccccc2)c2ccc(C)cc2c1)=C/CC.CC.CCC. The van der Waals surface area contributed by atoms with Crippen molar-refractivity contribution >= 4 is 22.4 Å². The predicted molar refractivity (Wildman–Crippen MR) is 191 cm³/mol. The Bertz CT molecular complexity index is 1440. The van der Waals surface area contributed by atoms with Crippen molar-refractivity contribution < 1.29 is 0 Å². The lowest BCUT2D eigenvalue weighted by atomic mass is 9.91. The van der Waals surface area contributed by atoms with E-state index in [9.17, 15) is 0 Å². The lowest BCUT2D eigenvalue weighted by molar-refractivity contribution is 0.940. The summed E-state index contributed by atoms with van der Waals surface area (Å²) < 4.78 is 0. The van der Waals surface area contributed by atoms with E-state index < -0.39 is 0 Å². The van der Waals surface area contributed by atoms with Gasteiger partial charge in [-0.2, -0.15) is 0 Å². The van der Waals surface area contributed by atoms with Gasteiger partial charge in [0, 0.05) is 0 Å². The second-order valence-corrected chi connectivity index (χ2v) is 10.7. The number of allylic oxidation sites excluding steroid dienone is 5. The van der Waals surface area contributed by atoms with Crippen LogP contribution in [0.2, 0.25) is 0 Å². The van der Waals surface area contributed by atoms with E-state index in [1.165, 1.54) is 61.7 Å². The van der Waals surface area contributed by atoms with E-state index in [1.807, 2.05) is 13.8 Å². The molecule has 0 radical (unpaired) electrons. The predicted octanol–water partition coefficient (Wildman–Crippen LogP) is 13.0. The van der Waals surface area contributed by atoms with Gasteiger partial charge < -0.3 is 0 Å². The van der Waals surface area contributed by atoms with Gasteiger partial charge in [0.15, 0.2) is 0 Å². The van der Waals surface area contributed by atoms with Crippen molar-refractivity contribution in [3.63, 3.8) is 0 Å². The molecule has 0 heteroatoms. The number of rotatable bonds is 9. The van der Waals surface area contributed by atoms with Gasteiger partial charge in [-0.25, -0.2) is 0 Å². The molecule has 0 aromatic heterocycles. The van der Waals surface area contributed by atoms with E-state index in [-0.39, 0.29) is 0 Å². The molecule has 42 heavy (non-hydrogen) atoms. The molecule has 0 saturated carbocycles. The monoisotopic (exact) mass is 556 g/mol. The van der Waals surface area contributed by atoms with E-state index in [0.29, 0.717) is 0 Å². The van der Waals surface area contributed by atoms with Crippen LogP contribution < -0.4 is 0 Å². The summed E-state index contributed by atoms with van der Waals surface area (Å²) >= 11 is 0. The van der Waals surface area contributed by atoms with Crippen molar-refractivity contribution in [3.8, 4) is 0 Å². The summed E-state index contributed by atoms with van der Waals surface area (Å²) in [6.45, 7) is 21.1. The molecule has 4 rings (SSSR count). The van der Waals surface area contributed by atoms with E-state index in [1.54, 1.807) is 0 Å². The van der Waals surface area contributed by atoms with Crippen LogP contribution >= 0.6 is 0 Å². The molecule has 0 atom stereocenters. The van der Waals surface area contributed by atoms with Crippen molar-refractivity contribution in [2.75, 3.05) is 0 Å². The minimum absolute atomic E-state index is 1.01. The summed E-state index contributed by atoms with van der Waals surface area (Å²) in [5.74, 6) is 0. The van der Waals surface area contributed by atoms with Crippen molar-refractivity contribution in [1.82, 2.24) is 0 Å². The molecule has 0 aliphatic heterocycles. The number of hydrogen-bond acceptors (Lipinski definition) is 0. The Morgan fingerprint density at radius 1 is 0.762 bits per heavy atom. The third kappa shape index (κ3) is 10.5. The highest BCUT2D eigenvalue weighted by Crippen LogP contribution is 2.31. The lowest BCUT2D eigenvalue weighted by Crippen LogP contribution is -1.93. The molecule has 0 bridgehead atoms. The summed E-state index contributed by atoms with van der Waals surface area (Å²) in [4.78, 5) is 0. The summed E-state index contributed by atoms with van der Waals surface area (Å²) in [6, 6.07) is 33.0. The Kier molecular flexibility index (Phi) is 15.1.